The van der Waals surface area contributed by atoms with Crippen molar-refractivity contribution in [3.63, 3.8) is 0 Å². The number of aromatic nitrogens is 3. The minimum absolute atomic E-state index is 0.0179. The van der Waals surface area contributed by atoms with Gasteiger partial charge in [-0.3, -0.25) is 4.90 Å². The van der Waals surface area contributed by atoms with Gasteiger partial charge >= 0.3 is 0 Å². The lowest BCUT2D eigenvalue weighted by Gasteiger charge is -2.17. The lowest BCUT2D eigenvalue weighted by atomic mass is 10.1. The second-order valence-electron chi connectivity index (χ2n) is 4.70. The lowest BCUT2D eigenvalue weighted by molar-refractivity contribution is 0.346. The average molecular weight is 206 g/mol. The van der Waals surface area contributed by atoms with E-state index in [-0.39, 0.29) is 5.54 Å². The van der Waals surface area contributed by atoms with Gasteiger partial charge in [0.1, 0.15) is 0 Å². The number of terminal acetylenes is 1. The van der Waals surface area contributed by atoms with E-state index >= 15 is 0 Å². The molecule has 0 unspecified atom stereocenters. The first kappa shape index (κ1) is 11.7. The van der Waals surface area contributed by atoms with Gasteiger partial charge in [0, 0.05) is 6.54 Å². The standard InChI is InChI=1S/C11H18N4/c1-6-7-14(5)8-10-9-15(13-12-10)11(2,3)4/h1,9H,7-8H2,2-5H3. The molecule has 0 aromatic carbocycles. The van der Waals surface area contributed by atoms with Gasteiger partial charge < -0.3 is 0 Å². The molecule has 4 heteroatoms. The number of rotatable bonds is 3. The van der Waals surface area contributed by atoms with Crippen LogP contribution in [0.15, 0.2) is 6.20 Å². The van der Waals surface area contributed by atoms with E-state index < -0.39 is 0 Å². The molecule has 0 fully saturated rings. The Morgan fingerprint density at radius 2 is 2.20 bits per heavy atom. The molecule has 0 N–H and O–H groups in total. The van der Waals surface area contributed by atoms with Gasteiger partial charge in [-0.15, -0.1) is 11.5 Å². The van der Waals surface area contributed by atoms with Crippen molar-refractivity contribution in [3.8, 4) is 12.3 Å². The minimum Gasteiger partial charge on any atom is -0.289 e. The predicted octanol–water partition coefficient (Wildman–Crippen LogP) is 1.10. The van der Waals surface area contributed by atoms with Gasteiger partial charge in [-0.2, -0.15) is 0 Å². The van der Waals surface area contributed by atoms with E-state index in [1.807, 2.05) is 22.8 Å². The highest BCUT2D eigenvalue weighted by atomic mass is 15.4. The zero-order chi connectivity index (χ0) is 11.5. The summed E-state index contributed by atoms with van der Waals surface area (Å²) in [6, 6.07) is 0. The van der Waals surface area contributed by atoms with E-state index in [0.29, 0.717) is 6.54 Å². The molecule has 0 bridgehead atoms. The Morgan fingerprint density at radius 3 is 2.67 bits per heavy atom. The molecule has 4 nitrogen and oxygen atoms in total. The van der Waals surface area contributed by atoms with Crippen molar-refractivity contribution in [2.45, 2.75) is 32.9 Å². The molecule has 0 aliphatic carbocycles. The Hall–Kier alpha value is -1.34. The Balaban J connectivity index is 2.66. The summed E-state index contributed by atoms with van der Waals surface area (Å²) < 4.78 is 1.87. The number of hydrogen-bond donors (Lipinski definition) is 0. The molecule has 0 radical (unpaired) electrons. The molecule has 1 rings (SSSR count). The van der Waals surface area contributed by atoms with Crippen molar-refractivity contribution in [3.05, 3.63) is 11.9 Å². The van der Waals surface area contributed by atoms with Crippen molar-refractivity contribution in [1.82, 2.24) is 19.9 Å². The van der Waals surface area contributed by atoms with Crippen LogP contribution in [0.3, 0.4) is 0 Å². The van der Waals surface area contributed by atoms with Crippen LogP contribution in [-0.4, -0.2) is 33.5 Å². The smallest absolute Gasteiger partial charge is 0.0967 e. The van der Waals surface area contributed by atoms with Gasteiger partial charge in [0.05, 0.1) is 24.0 Å². The molecule has 15 heavy (non-hydrogen) atoms. The maximum absolute atomic E-state index is 5.22. The average Bonchev–Trinajstić information content (AvgIpc) is 2.52. The molecular weight excluding hydrogens is 188 g/mol. The summed E-state index contributed by atoms with van der Waals surface area (Å²) in [4.78, 5) is 2.02. The van der Waals surface area contributed by atoms with Crippen LogP contribution in [0.4, 0.5) is 0 Å². The molecule has 82 valence electrons. The van der Waals surface area contributed by atoms with Crippen LogP contribution in [0.1, 0.15) is 26.5 Å². The summed E-state index contributed by atoms with van der Waals surface area (Å²) in [6.07, 6.45) is 7.19. The van der Waals surface area contributed by atoms with Crippen molar-refractivity contribution < 1.29 is 0 Å². The maximum Gasteiger partial charge on any atom is 0.0967 e. The van der Waals surface area contributed by atoms with Crippen LogP contribution in [-0.2, 0) is 12.1 Å². The third-order valence-electron chi connectivity index (χ3n) is 2.02. The van der Waals surface area contributed by atoms with E-state index in [0.717, 1.165) is 12.2 Å². The van der Waals surface area contributed by atoms with Gasteiger partial charge in [0.2, 0.25) is 0 Å². The fourth-order valence-electron chi connectivity index (χ4n) is 1.19. The largest absolute Gasteiger partial charge is 0.289 e. The molecule has 0 saturated heterocycles. The van der Waals surface area contributed by atoms with Gasteiger partial charge in [-0.05, 0) is 27.8 Å². The van der Waals surface area contributed by atoms with Crippen LogP contribution in [0.25, 0.3) is 0 Å². The third kappa shape index (κ3) is 3.37. The summed E-state index contributed by atoms with van der Waals surface area (Å²) in [5, 5.41) is 8.20. The topological polar surface area (TPSA) is 34.0 Å². The molecule has 0 atom stereocenters. The lowest BCUT2D eigenvalue weighted by Crippen LogP contribution is -2.22. The Kier molecular flexibility index (Phi) is 3.48. The second-order valence-corrected chi connectivity index (χ2v) is 4.70. The molecule has 0 aliphatic rings. The zero-order valence-electron chi connectivity index (χ0n) is 9.86. The maximum atomic E-state index is 5.22. The Bertz CT molecular complexity index is 353. The van der Waals surface area contributed by atoms with Crippen molar-refractivity contribution in [2.75, 3.05) is 13.6 Å². The molecule has 1 aromatic rings. The summed E-state index contributed by atoms with van der Waals surface area (Å²) in [6.45, 7) is 7.65. The van der Waals surface area contributed by atoms with Crippen LogP contribution in [0.5, 0.6) is 0 Å². The molecule has 1 heterocycles. The van der Waals surface area contributed by atoms with E-state index in [9.17, 15) is 0 Å². The number of nitrogens with zero attached hydrogens (tertiary/aromatic N) is 4. The highest BCUT2D eigenvalue weighted by Gasteiger charge is 2.15. The van der Waals surface area contributed by atoms with Crippen molar-refractivity contribution >= 4 is 0 Å². The van der Waals surface area contributed by atoms with E-state index in [1.54, 1.807) is 0 Å². The Labute approximate surface area is 91.3 Å². The van der Waals surface area contributed by atoms with Crippen LogP contribution < -0.4 is 0 Å². The SMILES string of the molecule is C#CCN(C)Cc1cn(C(C)(C)C)nn1. The fraction of sp³-hybridized carbons (Fsp3) is 0.636. The van der Waals surface area contributed by atoms with Crippen molar-refractivity contribution in [1.29, 1.82) is 0 Å². The van der Waals surface area contributed by atoms with Crippen LogP contribution in [0, 0.1) is 12.3 Å². The van der Waals surface area contributed by atoms with Crippen LogP contribution in [0.2, 0.25) is 0 Å². The highest BCUT2D eigenvalue weighted by Crippen LogP contribution is 2.12. The fourth-order valence-corrected chi connectivity index (χ4v) is 1.19. The van der Waals surface area contributed by atoms with Crippen LogP contribution >= 0.6 is 0 Å². The minimum atomic E-state index is -0.0179. The second kappa shape index (κ2) is 4.45. The third-order valence-corrected chi connectivity index (χ3v) is 2.02. The highest BCUT2D eigenvalue weighted by molar-refractivity contribution is 4.96. The first-order chi connectivity index (χ1) is 6.93. The number of hydrogen-bond acceptors (Lipinski definition) is 3. The first-order valence-electron chi connectivity index (χ1n) is 4.97. The normalized spacial score (nSPS) is 11.7. The van der Waals surface area contributed by atoms with E-state index in [4.69, 9.17) is 6.42 Å². The quantitative estimate of drug-likeness (QED) is 0.694. The van der Waals surface area contributed by atoms with E-state index in [2.05, 4.69) is 37.0 Å². The summed E-state index contributed by atoms with van der Waals surface area (Å²) in [7, 11) is 1.97. The molecule has 1 aromatic heterocycles. The molecule has 0 aliphatic heterocycles. The summed E-state index contributed by atoms with van der Waals surface area (Å²) >= 11 is 0. The summed E-state index contributed by atoms with van der Waals surface area (Å²) in [5.41, 5.74) is 0.929. The van der Waals surface area contributed by atoms with Gasteiger partial charge in [0.15, 0.2) is 0 Å². The zero-order valence-corrected chi connectivity index (χ0v) is 9.86. The summed E-state index contributed by atoms with van der Waals surface area (Å²) in [5.74, 6) is 2.60. The van der Waals surface area contributed by atoms with Gasteiger partial charge in [-0.1, -0.05) is 11.1 Å². The van der Waals surface area contributed by atoms with Gasteiger partial charge in [0.25, 0.3) is 0 Å². The van der Waals surface area contributed by atoms with Crippen molar-refractivity contribution in [2.24, 2.45) is 0 Å². The molecular formula is C11H18N4. The molecule has 0 spiro atoms. The molecule has 0 amide bonds. The first-order valence-corrected chi connectivity index (χ1v) is 4.97. The van der Waals surface area contributed by atoms with Gasteiger partial charge in [-0.25, -0.2) is 4.68 Å². The predicted molar refractivity (Wildman–Crippen MR) is 60.2 cm³/mol. The Morgan fingerprint density at radius 1 is 1.53 bits per heavy atom. The molecule has 0 saturated carbocycles. The monoisotopic (exact) mass is 206 g/mol. The van der Waals surface area contributed by atoms with E-state index in [1.165, 1.54) is 0 Å².